The minimum atomic E-state index is -1.43. The van der Waals surface area contributed by atoms with Gasteiger partial charge in [-0.3, -0.25) is 4.79 Å². The van der Waals surface area contributed by atoms with Crippen LogP contribution >= 0.6 is 0 Å². The van der Waals surface area contributed by atoms with Crippen molar-refractivity contribution in [2.45, 2.75) is 147 Å². The number of aliphatic hydroxyl groups excluding tert-OH is 4. The molecule has 0 saturated carbocycles. The van der Waals surface area contributed by atoms with Crippen molar-refractivity contribution in [2.24, 2.45) is 0 Å². The fraction of sp³-hybridized carbons (Fsp3) is 0.968. The summed E-state index contributed by atoms with van der Waals surface area (Å²) in [6, 6.07) is 0. The van der Waals surface area contributed by atoms with Crippen LogP contribution in [0.3, 0.4) is 0 Å². The Morgan fingerprint density at radius 2 is 1.27 bits per heavy atom. The Bertz CT molecular complexity index is 620. The lowest BCUT2D eigenvalue weighted by Gasteiger charge is -2.40. The molecule has 1 aliphatic heterocycles. The summed E-state index contributed by atoms with van der Waals surface area (Å²) in [6.07, 6.45) is 15.0. The third-order valence-electron chi connectivity index (χ3n) is 8.10. The molecule has 5 N–H and O–H groups in total. The largest absolute Gasteiger partial charge is 0.394 e. The standard InChI is InChI=1S/C31H62N2O7/c1-4-5-6-7-8-9-10-11-12-13-14-15-16-17-18-20-27(35)32-21-19-22-33(2,3)23-24-39-31-30(38)29(37)28(36)26(25-34)40-31/h26,28-31,34,36-38H,4-25H2,1-3H3/p+1. The van der Waals surface area contributed by atoms with Crippen molar-refractivity contribution in [1.29, 1.82) is 0 Å². The third kappa shape index (κ3) is 17.2. The van der Waals surface area contributed by atoms with Crippen molar-refractivity contribution in [3.63, 3.8) is 0 Å². The number of unbranched alkanes of at least 4 members (excludes halogenated alkanes) is 14. The van der Waals surface area contributed by atoms with E-state index in [0.717, 1.165) is 25.8 Å². The van der Waals surface area contributed by atoms with Gasteiger partial charge in [0.05, 0.1) is 33.9 Å². The molecule has 5 atom stereocenters. The van der Waals surface area contributed by atoms with Crippen LogP contribution in [0, 0.1) is 0 Å². The SMILES string of the molecule is CCCCCCCCCCCCCCCCCC(=O)NCCC[N+](C)(C)CCOC1OC(CO)C(O)C(O)C1O. The van der Waals surface area contributed by atoms with E-state index in [1.54, 1.807) is 0 Å². The highest BCUT2D eigenvalue weighted by Gasteiger charge is 2.44. The minimum Gasteiger partial charge on any atom is -0.394 e. The Balaban J connectivity index is 1.96. The number of quaternary nitrogens is 1. The highest BCUT2D eigenvalue weighted by atomic mass is 16.7. The molecule has 0 aromatic carbocycles. The molecule has 1 saturated heterocycles. The van der Waals surface area contributed by atoms with Crippen LogP contribution in [0.25, 0.3) is 0 Å². The maximum atomic E-state index is 12.2. The molecule has 0 spiro atoms. The van der Waals surface area contributed by atoms with Crippen LogP contribution in [0.15, 0.2) is 0 Å². The fourth-order valence-corrected chi connectivity index (χ4v) is 5.21. The second kappa shape index (κ2) is 22.7. The van der Waals surface area contributed by atoms with E-state index in [-0.39, 0.29) is 12.5 Å². The molecular weight excluding hydrogens is 512 g/mol. The summed E-state index contributed by atoms with van der Waals surface area (Å²) in [5, 5.41) is 42.1. The topological polar surface area (TPSA) is 128 Å². The first-order valence-electron chi connectivity index (χ1n) is 16.2. The molecule has 9 heteroatoms. The maximum absolute atomic E-state index is 12.2. The summed E-state index contributed by atoms with van der Waals surface area (Å²) in [7, 11) is 4.13. The van der Waals surface area contributed by atoms with Crippen LogP contribution in [0.5, 0.6) is 0 Å². The first kappa shape index (κ1) is 37.2. The predicted molar refractivity (Wildman–Crippen MR) is 159 cm³/mol. The number of rotatable bonds is 25. The van der Waals surface area contributed by atoms with Gasteiger partial charge in [0.2, 0.25) is 5.91 Å². The number of nitrogens with zero attached hydrogens (tertiary/aromatic N) is 1. The Morgan fingerprint density at radius 3 is 1.80 bits per heavy atom. The number of ether oxygens (including phenoxy) is 2. The van der Waals surface area contributed by atoms with Crippen LogP contribution in [0.2, 0.25) is 0 Å². The van der Waals surface area contributed by atoms with Gasteiger partial charge in [0.1, 0.15) is 31.0 Å². The first-order valence-corrected chi connectivity index (χ1v) is 16.2. The van der Waals surface area contributed by atoms with Crippen LogP contribution in [0.1, 0.15) is 116 Å². The van der Waals surface area contributed by atoms with Gasteiger partial charge in [-0.1, -0.05) is 96.8 Å². The number of hydrogen-bond donors (Lipinski definition) is 5. The van der Waals surface area contributed by atoms with Gasteiger partial charge in [-0.05, 0) is 6.42 Å². The number of aliphatic hydroxyl groups is 4. The van der Waals surface area contributed by atoms with E-state index in [1.807, 2.05) is 0 Å². The van der Waals surface area contributed by atoms with E-state index in [4.69, 9.17) is 9.47 Å². The number of carbonyl (C=O) groups is 1. The third-order valence-corrected chi connectivity index (χ3v) is 8.10. The predicted octanol–water partition coefficient (Wildman–Crippen LogP) is 3.65. The molecule has 1 amide bonds. The highest BCUT2D eigenvalue weighted by Crippen LogP contribution is 2.22. The molecule has 0 aromatic heterocycles. The minimum absolute atomic E-state index is 0.131. The number of likely N-dealkylation sites (N-methyl/N-ethyl adjacent to an activating group) is 1. The molecule has 0 aromatic rings. The molecule has 1 fully saturated rings. The average molecular weight is 576 g/mol. The van der Waals surface area contributed by atoms with Crippen LogP contribution < -0.4 is 5.32 Å². The van der Waals surface area contributed by atoms with E-state index in [2.05, 4.69) is 26.3 Å². The number of hydrogen-bond acceptors (Lipinski definition) is 7. The van der Waals surface area contributed by atoms with E-state index in [9.17, 15) is 25.2 Å². The Hall–Kier alpha value is -0.810. The Morgan fingerprint density at radius 1 is 0.750 bits per heavy atom. The summed E-state index contributed by atoms with van der Waals surface area (Å²) >= 11 is 0. The maximum Gasteiger partial charge on any atom is 0.219 e. The van der Waals surface area contributed by atoms with Gasteiger partial charge in [0.25, 0.3) is 0 Å². The summed E-state index contributed by atoms with van der Waals surface area (Å²) in [5.74, 6) is 0.131. The van der Waals surface area contributed by atoms with Gasteiger partial charge in [-0.15, -0.1) is 0 Å². The molecule has 1 aliphatic rings. The fourth-order valence-electron chi connectivity index (χ4n) is 5.21. The number of nitrogens with one attached hydrogen (secondary N) is 1. The van der Waals surface area contributed by atoms with Crippen LogP contribution in [0.4, 0.5) is 0 Å². The summed E-state index contributed by atoms with van der Waals surface area (Å²) in [4.78, 5) is 12.2. The smallest absolute Gasteiger partial charge is 0.219 e. The highest BCUT2D eigenvalue weighted by molar-refractivity contribution is 5.75. The summed E-state index contributed by atoms with van der Waals surface area (Å²) in [6.45, 7) is 4.20. The molecular formula is C31H63N2O7+. The van der Waals surface area contributed by atoms with Crippen molar-refractivity contribution >= 4 is 5.91 Å². The van der Waals surface area contributed by atoms with Gasteiger partial charge in [-0.25, -0.2) is 0 Å². The molecule has 40 heavy (non-hydrogen) atoms. The zero-order chi connectivity index (χ0) is 29.6. The van der Waals surface area contributed by atoms with E-state index in [0.29, 0.717) is 24.0 Å². The normalized spacial score (nSPS) is 23.4. The van der Waals surface area contributed by atoms with Gasteiger partial charge in [0.15, 0.2) is 6.29 Å². The average Bonchev–Trinajstić information content (AvgIpc) is 2.93. The second-order valence-corrected chi connectivity index (χ2v) is 12.4. The molecule has 0 bridgehead atoms. The molecule has 1 rings (SSSR count). The summed E-state index contributed by atoms with van der Waals surface area (Å²) < 4.78 is 11.6. The molecule has 238 valence electrons. The lowest BCUT2D eigenvalue weighted by atomic mass is 9.99. The molecule has 9 nitrogen and oxygen atoms in total. The molecule has 5 unspecified atom stereocenters. The monoisotopic (exact) mass is 575 g/mol. The van der Waals surface area contributed by atoms with Crippen molar-refractivity contribution in [2.75, 3.05) is 46.9 Å². The van der Waals surface area contributed by atoms with Gasteiger partial charge in [-0.2, -0.15) is 0 Å². The van der Waals surface area contributed by atoms with Crippen LogP contribution in [-0.4, -0.2) is 108 Å². The lowest BCUT2D eigenvalue weighted by molar-refractivity contribution is -0.891. The Kier molecular flexibility index (Phi) is 21.2. The van der Waals surface area contributed by atoms with Crippen molar-refractivity contribution in [1.82, 2.24) is 5.32 Å². The van der Waals surface area contributed by atoms with Gasteiger partial charge < -0.3 is 39.7 Å². The number of amides is 1. The zero-order valence-electron chi connectivity index (χ0n) is 25.9. The second-order valence-electron chi connectivity index (χ2n) is 12.4. The quantitative estimate of drug-likeness (QED) is 0.0830. The molecule has 1 heterocycles. The first-order chi connectivity index (χ1) is 19.2. The van der Waals surface area contributed by atoms with Gasteiger partial charge in [0, 0.05) is 19.4 Å². The summed E-state index contributed by atoms with van der Waals surface area (Å²) in [5.41, 5.74) is 0. The Labute approximate surface area is 244 Å². The van der Waals surface area contributed by atoms with Crippen molar-refractivity contribution < 1.29 is 39.2 Å². The van der Waals surface area contributed by atoms with Crippen LogP contribution in [-0.2, 0) is 14.3 Å². The number of carbonyl (C=O) groups excluding carboxylic acids is 1. The van der Waals surface area contributed by atoms with Crippen molar-refractivity contribution in [3.8, 4) is 0 Å². The lowest BCUT2D eigenvalue weighted by Crippen LogP contribution is -2.59. The van der Waals surface area contributed by atoms with E-state index in [1.165, 1.54) is 83.5 Å². The molecule has 0 aliphatic carbocycles. The zero-order valence-corrected chi connectivity index (χ0v) is 25.9. The molecule has 0 radical (unpaired) electrons. The van der Waals surface area contributed by atoms with Gasteiger partial charge >= 0.3 is 0 Å². The van der Waals surface area contributed by atoms with E-state index < -0.39 is 37.3 Å². The van der Waals surface area contributed by atoms with E-state index >= 15 is 0 Å². The van der Waals surface area contributed by atoms with Crippen molar-refractivity contribution in [3.05, 3.63) is 0 Å².